The zero-order valence-corrected chi connectivity index (χ0v) is 13.6. The molecule has 1 saturated heterocycles. The van der Waals surface area contributed by atoms with Crippen molar-refractivity contribution in [1.29, 1.82) is 0 Å². The van der Waals surface area contributed by atoms with E-state index >= 15 is 0 Å². The van der Waals surface area contributed by atoms with Gasteiger partial charge >= 0.3 is 0 Å². The van der Waals surface area contributed by atoms with Crippen LogP contribution in [0.3, 0.4) is 0 Å². The van der Waals surface area contributed by atoms with Crippen LogP contribution in [0, 0.1) is 0 Å². The highest BCUT2D eigenvalue weighted by molar-refractivity contribution is 7.80. The lowest BCUT2D eigenvalue weighted by molar-refractivity contribution is -0.125. The maximum absolute atomic E-state index is 12.3. The lowest BCUT2D eigenvalue weighted by Crippen LogP contribution is -2.52. The molecule has 7 heteroatoms. The van der Waals surface area contributed by atoms with Gasteiger partial charge in [-0.3, -0.25) is 14.6 Å². The fourth-order valence-electron chi connectivity index (χ4n) is 2.81. The average Bonchev–Trinajstić information content (AvgIpc) is 2.72. The number of unbranched alkanes of at least 4 members (excludes halogenated alkanes) is 5. The Bertz CT molecular complexity index is 468. The van der Waals surface area contributed by atoms with Crippen LogP contribution in [0.4, 0.5) is 0 Å². The molecule has 0 saturated carbocycles. The summed E-state index contributed by atoms with van der Waals surface area (Å²) in [5.74, 6) is -0.316. The molecule has 6 nitrogen and oxygen atoms in total. The molecule has 22 heavy (non-hydrogen) atoms. The first kappa shape index (κ1) is 17.3. The van der Waals surface area contributed by atoms with Crippen LogP contribution in [0.1, 0.15) is 45.4 Å². The van der Waals surface area contributed by atoms with Gasteiger partial charge in [-0.05, 0) is 24.7 Å². The van der Waals surface area contributed by atoms with E-state index in [4.69, 9.17) is 12.2 Å². The number of fused-ring (bicyclic) bond motifs is 1. The molecule has 0 spiro atoms. The van der Waals surface area contributed by atoms with Crippen molar-refractivity contribution in [3.05, 3.63) is 11.8 Å². The van der Waals surface area contributed by atoms with E-state index in [2.05, 4.69) is 6.92 Å². The minimum absolute atomic E-state index is 0.154. The quantitative estimate of drug-likeness (QED) is 0.472. The predicted octanol–water partition coefficient (Wildman–Crippen LogP) is 0.714. The molecular weight excluding hydrogens is 304 g/mol. The van der Waals surface area contributed by atoms with Gasteiger partial charge in [-0.15, -0.1) is 0 Å². The van der Waals surface area contributed by atoms with Gasteiger partial charge < -0.3 is 15.3 Å². The van der Waals surface area contributed by atoms with Crippen molar-refractivity contribution in [2.24, 2.45) is 0 Å². The van der Waals surface area contributed by atoms with Crippen LogP contribution in [0.15, 0.2) is 11.8 Å². The van der Waals surface area contributed by atoms with Crippen molar-refractivity contribution >= 4 is 23.2 Å². The second-order valence-electron chi connectivity index (χ2n) is 5.82. The third kappa shape index (κ3) is 3.32. The molecule has 2 aliphatic rings. The molecule has 3 N–H and O–H groups in total. The monoisotopic (exact) mass is 328 g/mol. The first-order valence-electron chi connectivity index (χ1n) is 7.90. The third-order valence-corrected chi connectivity index (χ3v) is 4.56. The lowest BCUT2D eigenvalue weighted by Gasteiger charge is -2.34. The van der Waals surface area contributed by atoms with E-state index in [1.807, 2.05) is 0 Å². The Balaban J connectivity index is 1.94. The van der Waals surface area contributed by atoms with Gasteiger partial charge in [0.2, 0.25) is 0 Å². The number of aliphatic hydroxyl groups is 3. The number of thiocarbonyl (C=S) groups is 1. The van der Waals surface area contributed by atoms with Crippen LogP contribution in [-0.2, 0) is 4.79 Å². The van der Waals surface area contributed by atoms with E-state index in [0.29, 0.717) is 6.54 Å². The molecule has 0 bridgehead atoms. The van der Waals surface area contributed by atoms with E-state index in [-0.39, 0.29) is 16.7 Å². The zero-order valence-electron chi connectivity index (χ0n) is 12.8. The number of aliphatic hydroxyl groups excluding tert-OH is 3. The molecular formula is C15H24N2O4S. The van der Waals surface area contributed by atoms with E-state index in [1.54, 1.807) is 0 Å². The van der Waals surface area contributed by atoms with E-state index in [1.165, 1.54) is 35.1 Å². The van der Waals surface area contributed by atoms with Crippen LogP contribution >= 0.6 is 12.2 Å². The van der Waals surface area contributed by atoms with E-state index < -0.39 is 18.4 Å². The van der Waals surface area contributed by atoms with Crippen LogP contribution in [-0.4, -0.2) is 61.1 Å². The van der Waals surface area contributed by atoms with Crippen LogP contribution in [0.5, 0.6) is 0 Å². The minimum Gasteiger partial charge on any atom is -0.386 e. The second-order valence-corrected chi connectivity index (χ2v) is 6.19. The van der Waals surface area contributed by atoms with Crippen LogP contribution in [0.2, 0.25) is 0 Å². The molecule has 2 heterocycles. The Morgan fingerprint density at radius 1 is 1.14 bits per heavy atom. The largest absolute Gasteiger partial charge is 0.386 e. The molecule has 2 rings (SSSR count). The highest BCUT2D eigenvalue weighted by Gasteiger charge is 2.47. The molecule has 2 aliphatic heterocycles. The summed E-state index contributed by atoms with van der Waals surface area (Å²) in [5, 5.41) is 29.6. The normalized spacial score (nSPS) is 28.2. The fraction of sp³-hybridized carbons (Fsp3) is 0.733. The molecule has 1 amide bonds. The summed E-state index contributed by atoms with van der Waals surface area (Å²) in [6, 6.07) is 0. The molecule has 3 atom stereocenters. The number of amides is 1. The van der Waals surface area contributed by atoms with Crippen molar-refractivity contribution < 1.29 is 20.1 Å². The van der Waals surface area contributed by atoms with Crippen LogP contribution in [0.25, 0.3) is 0 Å². The van der Waals surface area contributed by atoms with Gasteiger partial charge in [0.1, 0.15) is 17.9 Å². The molecule has 1 unspecified atom stereocenters. The highest BCUT2D eigenvalue weighted by Crippen LogP contribution is 2.30. The fourth-order valence-corrected chi connectivity index (χ4v) is 3.19. The van der Waals surface area contributed by atoms with Crippen LogP contribution < -0.4 is 0 Å². The zero-order chi connectivity index (χ0) is 16.3. The standard InChI is InChI=1S/C15H24N2O4S/c1-2-3-4-5-6-7-8-16-13(20)10-9-11(18)12(19)14(21)17(10)15(16)22/h9,11-12,14,18-19,21H,2-8H2,1H3/t11-,12+,14?/m0/s1. The maximum Gasteiger partial charge on any atom is 0.276 e. The van der Waals surface area contributed by atoms with E-state index in [9.17, 15) is 20.1 Å². The average molecular weight is 328 g/mol. The molecule has 0 aliphatic carbocycles. The Morgan fingerprint density at radius 2 is 1.77 bits per heavy atom. The summed E-state index contributed by atoms with van der Waals surface area (Å²) in [4.78, 5) is 15.0. The Morgan fingerprint density at radius 3 is 2.45 bits per heavy atom. The van der Waals surface area contributed by atoms with Gasteiger partial charge in [0, 0.05) is 6.54 Å². The lowest BCUT2D eigenvalue weighted by atomic mass is 10.1. The minimum atomic E-state index is -1.39. The first-order chi connectivity index (χ1) is 10.5. The van der Waals surface area contributed by atoms with Crippen molar-refractivity contribution in [3.63, 3.8) is 0 Å². The number of rotatable bonds is 7. The maximum atomic E-state index is 12.3. The van der Waals surface area contributed by atoms with Gasteiger partial charge in [0.25, 0.3) is 5.91 Å². The Kier molecular flexibility index (Phi) is 5.91. The molecule has 0 aromatic carbocycles. The predicted molar refractivity (Wildman–Crippen MR) is 85.6 cm³/mol. The number of nitrogens with zero attached hydrogens (tertiary/aromatic N) is 2. The second kappa shape index (κ2) is 7.50. The van der Waals surface area contributed by atoms with Crippen molar-refractivity contribution in [3.8, 4) is 0 Å². The van der Waals surface area contributed by atoms with Gasteiger partial charge in [0.05, 0.1) is 0 Å². The van der Waals surface area contributed by atoms with E-state index in [0.717, 1.165) is 19.3 Å². The molecule has 0 aromatic rings. The summed E-state index contributed by atoms with van der Waals surface area (Å²) in [6.07, 6.45) is 3.86. The SMILES string of the molecule is CCCCCCCCN1C(=O)C2=C[C@H](O)[C@@H](O)C(O)N2C1=S. The van der Waals surface area contributed by atoms with Gasteiger partial charge in [-0.1, -0.05) is 39.0 Å². The number of carbonyl (C=O) groups excluding carboxylic acids is 1. The number of hydrogen-bond acceptors (Lipinski definition) is 5. The van der Waals surface area contributed by atoms with Gasteiger partial charge in [-0.2, -0.15) is 0 Å². The third-order valence-electron chi connectivity index (χ3n) is 4.14. The summed E-state index contributed by atoms with van der Waals surface area (Å²) in [6.45, 7) is 2.66. The summed E-state index contributed by atoms with van der Waals surface area (Å²) in [7, 11) is 0. The molecule has 124 valence electrons. The topological polar surface area (TPSA) is 84.2 Å². The summed E-state index contributed by atoms with van der Waals surface area (Å²) >= 11 is 5.24. The Labute approximate surface area is 136 Å². The number of hydrogen-bond donors (Lipinski definition) is 3. The first-order valence-corrected chi connectivity index (χ1v) is 8.31. The molecule has 0 radical (unpaired) electrons. The highest BCUT2D eigenvalue weighted by atomic mass is 32.1. The Hall–Kier alpha value is -1.02. The summed E-state index contributed by atoms with van der Waals surface area (Å²) in [5.41, 5.74) is 0.154. The number of carbonyl (C=O) groups is 1. The van der Waals surface area contributed by atoms with Crippen molar-refractivity contribution in [2.45, 2.75) is 63.9 Å². The summed E-state index contributed by atoms with van der Waals surface area (Å²) < 4.78 is 0. The van der Waals surface area contributed by atoms with Crippen molar-refractivity contribution in [2.75, 3.05) is 6.54 Å². The van der Waals surface area contributed by atoms with Gasteiger partial charge in [-0.25, -0.2) is 0 Å². The smallest absolute Gasteiger partial charge is 0.276 e. The van der Waals surface area contributed by atoms with Gasteiger partial charge in [0.15, 0.2) is 11.3 Å². The molecule has 1 fully saturated rings. The molecule has 0 aromatic heterocycles. The van der Waals surface area contributed by atoms with Crippen molar-refractivity contribution in [1.82, 2.24) is 9.80 Å².